The highest BCUT2D eigenvalue weighted by Crippen LogP contribution is 2.28. The second-order valence-corrected chi connectivity index (χ2v) is 4.15. The van der Waals surface area contributed by atoms with Gasteiger partial charge in [0.1, 0.15) is 0 Å². The Morgan fingerprint density at radius 2 is 2.29 bits per heavy atom. The summed E-state index contributed by atoms with van der Waals surface area (Å²) in [5.74, 6) is 1.28. The van der Waals surface area contributed by atoms with Gasteiger partial charge in [0.15, 0.2) is 0 Å². The molecule has 1 amide bonds. The number of nitrogens with zero attached hydrogens (tertiary/aromatic N) is 1. The van der Waals surface area contributed by atoms with Gasteiger partial charge in [0, 0.05) is 32.5 Å². The van der Waals surface area contributed by atoms with Gasteiger partial charge in [0.05, 0.1) is 6.61 Å². The van der Waals surface area contributed by atoms with Crippen molar-refractivity contribution in [1.82, 2.24) is 4.90 Å². The van der Waals surface area contributed by atoms with Gasteiger partial charge in [-0.3, -0.25) is 4.79 Å². The zero-order valence-electron chi connectivity index (χ0n) is 8.67. The lowest BCUT2D eigenvalue weighted by molar-refractivity contribution is -0.130. The highest BCUT2D eigenvalue weighted by molar-refractivity contribution is 6.18. The molecule has 4 heteroatoms. The minimum atomic E-state index is 0.0926. The number of carbonyl (C=O) groups is 1. The molecule has 3 nitrogen and oxygen atoms in total. The molecule has 0 aromatic carbocycles. The van der Waals surface area contributed by atoms with E-state index in [1.54, 1.807) is 11.9 Å². The molecular formula is C10H18ClNO2. The van der Waals surface area contributed by atoms with E-state index in [0.29, 0.717) is 25.5 Å². The van der Waals surface area contributed by atoms with Crippen LogP contribution in [0.4, 0.5) is 0 Å². The molecule has 0 heterocycles. The average molecular weight is 220 g/mol. The van der Waals surface area contributed by atoms with Crippen molar-refractivity contribution in [2.75, 3.05) is 32.7 Å². The third-order valence-corrected chi connectivity index (χ3v) is 2.54. The maximum Gasteiger partial charge on any atom is 0.223 e. The van der Waals surface area contributed by atoms with Gasteiger partial charge in [-0.25, -0.2) is 0 Å². The summed E-state index contributed by atoms with van der Waals surface area (Å²) >= 11 is 5.47. The molecule has 1 saturated carbocycles. The van der Waals surface area contributed by atoms with Crippen molar-refractivity contribution in [2.24, 2.45) is 5.92 Å². The predicted octanol–water partition coefficient (Wildman–Crippen LogP) is 1.50. The van der Waals surface area contributed by atoms with Crippen LogP contribution in [0.5, 0.6) is 0 Å². The van der Waals surface area contributed by atoms with Crippen LogP contribution in [0.25, 0.3) is 0 Å². The highest BCUT2D eigenvalue weighted by atomic mass is 35.5. The maximum atomic E-state index is 11.3. The first-order valence-corrected chi connectivity index (χ1v) is 5.65. The molecule has 0 bridgehead atoms. The number of halogens is 1. The summed E-state index contributed by atoms with van der Waals surface area (Å²) < 4.78 is 5.43. The summed E-state index contributed by atoms with van der Waals surface area (Å²) in [6.45, 7) is 2.17. The fourth-order valence-corrected chi connectivity index (χ4v) is 1.29. The summed E-state index contributed by atoms with van der Waals surface area (Å²) in [6.07, 6.45) is 3.03. The summed E-state index contributed by atoms with van der Waals surface area (Å²) in [4.78, 5) is 12.9. The number of ether oxygens (including phenoxy) is 1. The van der Waals surface area contributed by atoms with Crippen molar-refractivity contribution in [3.63, 3.8) is 0 Å². The number of alkyl halides is 1. The van der Waals surface area contributed by atoms with Crippen LogP contribution in [0.15, 0.2) is 0 Å². The lowest BCUT2D eigenvalue weighted by Crippen LogP contribution is -2.30. The standard InChI is InChI=1S/C10H18ClNO2/c1-12(10(13)4-5-11)6-7-14-8-9-2-3-9/h9H,2-8H2,1H3. The molecule has 1 rings (SSSR count). The van der Waals surface area contributed by atoms with Crippen molar-refractivity contribution in [1.29, 1.82) is 0 Å². The number of hydrogen-bond acceptors (Lipinski definition) is 2. The lowest BCUT2D eigenvalue weighted by atomic mass is 10.4. The van der Waals surface area contributed by atoms with E-state index in [1.165, 1.54) is 12.8 Å². The van der Waals surface area contributed by atoms with Crippen LogP contribution in [0, 0.1) is 5.92 Å². The fraction of sp³-hybridized carbons (Fsp3) is 0.900. The smallest absolute Gasteiger partial charge is 0.223 e. The van der Waals surface area contributed by atoms with Crippen LogP contribution in [0.3, 0.4) is 0 Å². The number of carbonyl (C=O) groups excluding carboxylic acids is 1. The summed E-state index contributed by atoms with van der Waals surface area (Å²) in [5, 5.41) is 0. The van der Waals surface area contributed by atoms with Crippen molar-refractivity contribution in [3.05, 3.63) is 0 Å². The molecule has 0 atom stereocenters. The number of rotatable bonds is 7. The van der Waals surface area contributed by atoms with E-state index in [0.717, 1.165) is 12.5 Å². The molecule has 0 spiro atoms. The first kappa shape index (κ1) is 11.8. The normalized spacial score (nSPS) is 15.6. The largest absolute Gasteiger partial charge is 0.379 e. The molecule has 82 valence electrons. The summed E-state index contributed by atoms with van der Waals surface area (Å²) in [7, 11) is 1.79. The monoisotopic (exact) mass is 219 g/mol. The van der Waals surface area contributed by atoms with Crippen molar-refractivity contribution >= 4 is 17.5 Å². The van der Waals surface area contributed by atoms with Crippen LogP contribution in [-0.2, 0) is 9.53 Å². The van der Waals surface area contributed by atoms with E-state index < -0.39 is 0 Å². The fourth-order valence-electron chi connectivity index (χ4n) is 1.13. The van der Waals surface area contributed by atoms with Gasteiger partial charge < -0.3 is 9.64 Å². The van der Waals surface area contributed by atoms with Gasteiger partial charge in [0.2, 0.25) is 5.91 Å². The van der Waals surface area contributed by atoms with Gasteiger partial charge in [-0.05, 0) is 18.8 Å². The van der Waals surface area contributed by atoms with Crippen LogP contribution in [0.2, 0.25) is 0 Å². The Morgan fingerprint density at radius 1 is 1.57 bits per heavy atom. The lowest BCUT2D eigenvalue weighted by Gasteiger charge is -2.16. The molecule has 0 unspecified atom stereocenters. The van der Waals surface area contributed by atoms with Gasteiger partial charge >= 0.3 is 0 Å². The Morgan fingerprint density at radius 3 is 2.86 bits per heavy atom. The zero-order chi connectivity index (χ0) is 10.4. The minimum Gasteiger partial charge on any atom is -0.379 e. The Kier molecular flexibility index (Phi) is 5.26. The Balaban J connectivity index is 1.95. The second kappa shape index (κ2) is 6.25. The van der Waals surface area contributed by atoms with Crippen LogP contribution < -0.4 is 0 Å². The maximum absolute atomic E-state index is 11.3. The van der Waals surface area contributed by atoms with E-state index in [-0.39, 0.29) is 5.91 Å². The molecule has 1 aliphatic carbocycles. The Hall–Kier alpha value is -0.280. The zero-order valence-corrected chi connectivity index (χ0v) is 9.42. The summed E-state index contributed by atoms with van der Waals surface area (Å²) in [6, 6.07) is 0. The molecule has 1 aliphatic rings. The molecule has 0 N–H and O–H groups in total. The first-order valence-electron chi connectivity index (χ1n) is 5.11. The molecule has 0 aliphatic heterocycles. The first-order chi connectivity index (χ1) is 6.74. The van der Waals surface area contributed by atoms with Crippen molar-refractivity contribution in [3.8, 4) is 0 Å². The van der Waals surface area contributed by atoms with E-state index in [4.69, 9.17) is 16.3 Å². The number of hydrogen-bond donors (Lipinski definition) is 0. The van der Waals surface area contributed by atoms with Gasteiger partial charge in [-0.2, -0.15) is 0 Å². The SMILES string of the molecule is CN(CCOCC1CC1)C(=O)CCCl. The van der Waals surface area contributed by atoms with E-state index >= 15 is 0 Å². The van der Waals surface area contributed by atoms with Gasteiger partial charge in [-0.1, -0.05) is 0 Å². The number of likely N-dealkylation sites (N-methyl/N-ethyl adjacent to an activating group) is 1. The van der Waals surface area contributed by atoms with Crippen LogP contribution >= 0.6 is 11.6 Å². The van der Waals surface area contributed by atoms with Gasteiger partial charge in [-0.15, -0.1) is 11.6 Å². The molecule has 14 heavy (non-hydrogen) atoms. The number of amides is 1. The Labute approximate surface area is 90.4 Å². The minimum absolute atomic E-state index is 0.0926. The van der Waals surface area contributed by atoms with Crippen molar-refractivity contribution < 1.29 is 9.53 Å². The molecular weight excluding hydrogens is 202 g/mol. The topological polar surface area (TPSA) is 29.5 Å². The molecule has 0 radical (unpaired) electrons. The van der Waals surface area contributed by atoms with E-state index in [9.17, 15) is 4.79 Å². The third-order valence-electron chi connectivity index (χ3n) is 2.36. The van der Waals surface area contributed by atoms with Gasteiger partial charge in [0.25, 0.3) is 0 Å². The average Bonchev–Trinajstić information content (AvgIpc) is 2.96. The quantitative estimate of drug-likeness (QED) is 0.480. The highest BCUT2D eigenvalue weighted by Gasteiger charge is 2.21. The predicted molar refractivity (Wildman–Crippen MR) is 56.5 cm³/mol. The Bertz CT molecular complexity index is 183. The van der Waals surface area contributed by atoms with E-state index in [2.05, 4.69) is 0 Å². The van der Waals surface area contributed by atoms with Crippen molar-refractivity contribution in [2.45, 2.75) is 19.3 Å². The summed E-state index contributed by atoms with van der Waals surface area (Å²) in [5.41, 5.74) is 0. The molecule has 0 aromatic heterocycles. The van der Waals surface area contributed by atoms with E-state index in [1.807, 2.05) is 0 Å². The molecule has 0 aromatic rings. The second-order valence-electron chi connectivity index (χ2n) is 3.77. The molecule has 0 saturated heterocycles. The third kappa shape index (κ3) is 4.82. The molecule has 1 fully saturated rings. The van der Waals surface area contributed by atoms with Crippen LogP contribution in [0.1, 0.15) is 19.3 Å². The van der Waals surface area contributed by atoms with Crippen LogP contribution in [-0.4, -0.2) is 43.5 Å².